The van der Waals surface area contributed by atoms with Gasteiger partial charge in [0.15, 0.2) is 0 Å². The van der Waals surface area contributed by atoms with Gasteiger partial charge in [-0.2, -0.15) is 0 Å². The predicted octanol–water partition coefficient (Wildman–Crippen LogP) is 6.41. The number of hydrogen-bond donors (Lipinski definition) is 1. The van der Waals surface area contributed by atoms with E-state index < -0.39 is 6.04 Å². The molecule has 1 unspecified atom stereocenters. The molecule has 0 aliphatic heterocycles. The van der Waals surface area contributed by atoms with Crippen LogP contribution in [-0.2, 0) is 6.42 Å². The molecule has 0 aliphatic carbocycles. The molecule has 0 saturated heterocycles. The number of urea groups is 1. The Balaban J connectivity index is 1.83. The van der Waals surface area contributed by atoms with Crippen molar-refractivity contribution in [1.82, 2.24) is 19.4 Å². The molecule has 0 bridgehead atoms. The van der Waals surface area contributed by atoms with Gasteiger partial charge in [-0.1, -0.05) is 60.5 Å². The molecular formula is C29H31Cl2N5O2. The number of halogens is 2. The van der Waals surface area contributed by atoms with E-state index in [-0.39, 0.29) is 16.6 Å². The zero-order valence-electron chi connectivity index (χ0n) is 21.9. The number of nitrogens with zero attached hydrogens (tertiary/aromatic N) is 4. The standard InChI is InChI=1S/C29H31Cl2N5O2/c1-5-20-13-15-21(16-14-20)36-27(32-24-11-7-6-9-22(24)28(36)37)19(2)35(18-17-34(3)4)29(38)33-25-12-8-10-23(30)26(25)31/h6-16,19H,5,17-18H2,1-4H3,(H,33,38). The molecule has 1 atom stereocenters. The van der Waals surface area contributed by atoms with Gasteiger partial charge in [0.1, 0.15) is 5.82 Å². The maximum Gasteiger partial charge on any atom is 0.322 e. The lowest BCUT2D eigenvalue weighted by Gasteiger charge is -2.31. The van der Waals surface area contributed by atoms with E-state index in [1.165, 1.54) is 0 Å². The molecule has 1 heterocycles. The van der Waals surface area contributed by atoms with Gasteiger partial charge in [-0.25, -0.2) is 9.78 Å². The first-order valence-corrected chi connectivity index (χ1v) is 13.2. The molecule has 0 spiro atoms. The van der Waals surface area contributed by atoms with Crippen LogP contribution in [0.25, 0.3) is 16.6 Å². The summed E-state index contributed by atoms with van der Waals surface area (Å²) in [5.41, 5.74) is 2.65. The van der Waals surface area contributed by atoms with Gasteiger partial charge < -0.3 is 15.1 Å². The first kappa shape index (κ1) is 27.6. The van der Waals surface area contributed by atoms with Crippen molar-refractivity contribution in [3.8, 4) is 5.69 Å². The van der Waals surface area contributed by atoms with E-state index in [1.54, 1.807) is 33.7 Å². The van der Waals surface area contributed by atoms with Gasteiger partial charge in [-0.15, -0.1) is 0 Å². The second-order valence-electron chi connectivity index (χ2n) is 9.35. The van der Waals surface area contributed by atoms with Crippen LogP contribution in [0.15, 0.2) is 71.5 Å². The number of hydrogen-bond acceptors (Lipinski definition) is 4. The van der Waals surface area contributed by atoms with Crippen molar-refractivity contribution < 1.29 is 4.79 Å². The fourth-order valence-electron chi connectivity index (χ4n) is 4.27. The lowest BCUT2D eigenvalue weighted by atomic mass is 10.1. The molecular weight excluding hydrogens is 521 g/mol. The molecule has 3 aromatic carbocycles. The maximum atomic E-state index is 13.8. The number of anilines is 1. The highest BCUT2D eigenvalue weighted by atomic mass is 35.5. The SMILES string of the molecule is CCc1ccc(-n2c(C(C)N(CCN(C)C)C(=O)Nc3cccc(Cl)c3Cl)nc3ccccc3c2=O)cc1. The van der Waals surface area contributed by atoms with Gasteiger partial charge in [0.25, 0.3) is 5.56 Å². The van der Waals surface area contributed by atoms with E-state index in [9.17, 15) is 9.59 Å². The first-order valence-electron chi connectivity index (χ1n) is 12.5. The fourth-order valence-corrected chi connectivity index (χ4v) is 4.61. The number of aryl methyl sites for hydroxylation is 1. The van der Waals surface area contributed by atoms with Gasteiger partial charge >= 0.3 is 6.03 Å². The summed E-state index contributed by atoms with van der Waals surface area (Å²) in [6.45, 7) is 4.95. The summed E-state index contributed by atoms with van der Waals surface area (Å²) in [7, 11) is 3.88. The molecule has 2 amide bonds. The minimum absolute atomic E-state index is 0.187. The second kappa shape index (κ2) is 12.0. The van der Waals surface area contributed by atoms with Gasteiger partial charge in [0.05, 0.1) is 38.4 Å². The van der Waals surface area contributed by atoms with E-state index in [0.717, 1.165) is 12.0 Å². The van der Waals surface area contributed by atoms with Crippen LogP contribution in [0.1, 0.15) is 31.3 Å². The molecule has 9 heteroatoms. The summed E-state index contributed by atoms with van der Waals surface area (Å²) in [5, 5.41) is 4.01. The zero-order chi connectivity index (χ0) is 27.4. The van der Waals surface area contributed by atoms with Crippen molar-refractivity contribution >= 4 is 45.8 Å². The normalized spacial score (nSPS) is 12.1. The smallest absolute Gasteiger partial charge is 0.313 e. The van der Waals surface area contributed by atoms with Gasteiger partial charge in [-0.05, 0) is 69.4 Å². The second-order valence-corrected chi connectivity index (χ2v) is 10.1. The molecule has 1 N–H and O–H groups in total. The topological polar surface area (TPSA) is 70.5 Å². The molecule has 0 saturated carbocycles. The molecule has 0 aliphatic rings. The number of carbonyl (C=O) groups is 1. The molecule has 0 radical (unpaired) electrons. The molecule has 7 nitrogen and oxygen atoms in total. The third kappa shape index (κ3) is 5.85. The van der Waals surface area contributed by atoms with Crippen molar-refractivity contribution in [2.75, 3.05) is 32.5 Å². The molecule has 4 aromatic rings. The van der Waals surface area contributed by atoms with Crippen LogP contribution >= 0.6 is 23.2 Å². The Bertz CT molecular complexity index is 1500. The van der Waals surface area contributed by atoms with E-state index in [4.69, 9.17) is 28.2 Å². The minimum atomic E-state index is -0.559. The van der Waals surface area contributed by atoms with Crippen molar-refractivity contribution in [3.63, 3.8) is 0 Å². The fraction of sp³-hybridized carbons (Fsp3) is 0.276. The average molecular weight is 553 g/mol. The van der Waals surface area contributed by atoms with Crippen LogP contribution in [0.2, 0.25) is 10.0 Å². The van der Waals surface area contributed by atoms with Gasteiger partial charge in [-0.3, -0.25) is 9.36 Å². The Morgan fingerprint density at radius 2 is 1.71 bits per heavy atom. The van der Waals surface area contributed by atoms with Crippen molar-refractivity contribution in [3.05, 3.63) is 98.5 Å². The van der Waals surface area contributed by atoms with Gasteiger partial charge in [0, 0.05) is 13.1 Å². The van der Waals surface area contributed by atoms with Crippen LogP contribution in [-0.4, -0.2) is 52.6 Å². The summed E-state index contributed by atoms with van der Waals surface area (Å²) in [5.74, 6) is 0.462. The van der Waals surface area contributed by atoms with Crippen LogP contribution < -0.4 is 10.9 Å². The van der Waals surface area contributed by atoms with E-state index >= 15 is 0 Å². The number of benzene rings is 3. The number of nitrogens with one attached hydrogen (secondary N) is 1. The Kier molecular flexibility index (Phi) is 8.72. The molecule has 0 fully saturated rings. The Hall–Kier alpha value is -3.39. The van der Waals surface area contributed by atoms with Crippen molar-refractivity contribution in [2.45, 2.75) is 26.3 Å². The largest absolute Gasteiger partial charge is 0.322 e. The average Bonchev–Trinajstić information content (AvgIpc) is 2.91. The minimum Gasteiger partial charge on any atom is -0.313 e. The highest BCUT2D eigenvalue weighted by molar-refractivity contribution is 6.43. The van der Waals surface area contributed by atoms with Gasteiger partial charge in [0.2, 0.25) is 0 Å². The summed E-state index contributed by atoms with van der Waals surface area (Å²) < 4.78 is 1.61. The Morgan fingerprint density at radius 3 is 2.39 bits per heavy atom. The Labute approximate surface area is 232 Å². The summed E-state index contributed by atoms with van der Waals surface area (Å²) in [4.78, 5) is 36.0. The summed E-state index contributed by atoms with van der Waals surface area (Å²) in [6, 6.07) is 19.2. The van der Waals surface area contributed by atoms with Crippen molar-refractivity contribution in [1.29, 1.82) is 0 Å². The Morgan fingerprint density at radius 1 is 1.00 bits per heavy atom. The predicted molar refractivity (Wildman–Crippen MR) is 156 cm³/mol. The number of fused-ring (bicyclic) bond motifs is 1. The number of rotatable bonds is 8. The lowest BCUT2D eigenvalue weighted by molar-refractivity contribution is 0.181. The number of amides is 2. The van der Waals surface area contributed by atoms with E-state index in [0.29, 0.717) is 46.2 Å². The number of para-hydroxylation sites is 1. The molecule has 198 valence electrons. The highest BCUT2D eigenvalue weighted by Crippen LogP contribution is 2.31. The third-order valence-electron chi connectivity index (χ3n) is 6.49. The van der Waals surface area contributed by atoms with Crippen LogP contribution in [0, 0.1) is 0 Å². The summed E-state index contributed by atoms with van der Waals surface area (Å²) >= 11 is 12.5. The van der Waals surface area contributed by atoms with Crippen LogP contribution in [0.3, 0.4) is 0 Å². The summed E-state index contributed by atoms with van der Waals surface area (Å²) in [6.07, 6.45) is 0.888. The third-order valence-corrected chi connectivity index (χ3v) is 7.31. The molecule has 1 aromatic heterocycles. The van der Waals surface area contributed by atoms with Crippen molar-refractivity contribution in [2.24, 2.45) is 0 Å². The number of likely N-dealkylation sites (N-methyl/N-ethyl adjacent to an activating group) is 1. The van der Waals surface area contributed by atoms with Crippen LogP contribution in [0.5, 0.6) is 0 Å². The quantitative estimate of drug-likeness (QED) is 0.274. The number of carbonyl (C=O) groups excluding carboxylic acids is 1. The molecule has 4 rings (SSSR count). The van der Waals surface area contributed by atoms with E-state index in [2.05, 4.69) is 12.2 Å². The number of aromatic nitrogens is 2. The molecule has 38 heavy (non-hydrogen) atoms. The lowest BCUT2D eigenvalue weighted by Crippen LogP contribution is -2.43. The maximum absolute atomic E-state index is 13.8. The van der Waals surface area contributed by atoms with E-state index in [1.807, 2.05) is 68.4 Å². The first-order chi connectivity index (χ1) is 18.2. The van der Waals surface area contributed by atoms with Crippen LogP contribution in [0.4, 0.5) is 10.5 Å². The monoisotopic (exact) mass is 551 g/mol. The highest BCUT2D eigenvalue weighted by Gasteiger charge is 2.27. The zero-order valence-corrected chi connectivity index (χ0v) is 23.4.